The van der Waals surface area contributed by atoms with Crippen LogP contribution in [0.2, 0.25) is 0 Å². The molecule has 0 heterocycles. The summed E-state index contributed by atoms with van der Waals surface area (Å²) < 4.78 is 4.79. The molecular weight excluding hydrogens is 248 g/mol. The number of esters is 1. The molecule has 1 unspecified atom stereocenters. The van der Waals surface area contributed by atoms with Gasteiger partial charge in [0.15, 0.2) is 0 Å². The third-order valence-corrected chi connectivity index (χ3v) is 3.35. The van der Waals surface area contributed by atoms with Gasteiger partial charge in [0.1, 0.15) is 0 Å². The number of hydrogen-bond acceptors (Lipinski definition) is 5. The number of carbonyl (C=O) groups excluding carboxylic acids is 2. The highest BCUT2D eigenvalue weighted by Gasteiger charge is 2.26. The lowest BCUT2D eigenvalue weighted by atomic mass is 10.1. The fourth-order valence-electron chi connectivity index (χ4n) is 2.56. The van der Waals surface area contributed by atoms with Crippen LogP contribution >= 0.6 is 0 Å². The Morgan fingerprint density at radius 3 is 2.58 bits per heavy atom. The maximum atomic E-state index is 11.3. The van der Waals surface area contributed by atoms with E-state index in [1.165, 1.54) is 0 Å². The molecule has 0 aromatic rings. The minimum absolute atomic E-state index is 0.0458. The third-order valence-electron chi connectivity index (χ3n) is 3.35. The molecule has 0 bridgehead atoms. The summed E-state index contributed by atoms with van der Waals surface area (Å²) in [5.74, 6) is -0.823. The number of amides is 1. The van der Waals surface area contributed by atoms with Gasteiger partial charge in [0.25, 0.3) is 0 Å². The Bertz CT molecular complexity index is 303. The summed E-state index contributed by atoms with van der Waals surface area (Å²) in [5, 5.41) is 9.90. The van der Waals surface area contributed by atoms with Crippen LogP contribution in [0, 0.1) is 0 Å². The van der Waals surface area contributed by atoms with Crippen molar-refractivity contribution >= 4 is 11.9 Å². The molecule has 1 rings (SSSR count). The molecule has 0 aromatic heterocycles. The van der Waals surface area contributed by atoms with Gasteiger partial charge in [-0.05, 0) is 19.8 Å². The van der Waals surface area contributed by atoms with Crippen molar-refractivity contribution in [2.45, 2.75) is 51.2 Å². The van der Waals surface area contributed by atoms with Gasteiger partial charge in [0.05, 0.1) is 25.7 Å². The Hall–Kier alpha value is -1.14. The molecule has 0 aromatic carbocycles. The van der Waals surface area contributed by atoms with Crippen molar-refractivity contribution in [2.75, 3.05) is 19.7 Å². The normalized spacial score (nSPS) is 17.6. The molecule has 1 aliphatic carbocycles. The molecule has 0 spiro atoms. The van der Waals surface area contributed by atoms with Crippen LogP contribution < -0.4 is 5.73 Å². The second-order valence-electron chi connectivity index (χ2n) is 5.00. The van der Waals surface area contributed by atoms with Crippen molar-refractivity contribution in [3.63, 3.8) is 0 Å². The summed E-state index contributed by atoms with van der Waals surface area (Å²) in [6.07, 6.45) is 3.43. The fraction of sp³-hybridized carbons (Fsp3) is 0.846. The largest absolute Gasteiger partial charge is 0.466 e. The van der Waals surface area contributed by atoms with Gasteiger partial charge in [-0.25, -0.2) is 0 Å². The van der Waals surface area contributed by atoms with Crippen LogP contribution in [0.15, 0.2) is 0 Å². The Kier molecular flexibility index (Phi) is 6.80. The van der Waals surface area contributed by atoms with Crippen LogP contribution in [-0.4, -0.2) is 53.7 Å². The van der Waals surface area contributed by atoms with Crippen LogP contribution in [0.1, 0.15) is 39.0 Å². The molecule has 6 nitrogen and oxygen atoms in total. The molecule has 1 aliphatic rings. The van der Waals surface area contributed by atoms with Gasteiger partial charge in [0.2, 0.25) is 5.91 Å². The van der Waals surface area contributed by atoms with Crippen LogP contribution in [0.25, 0.3) is 0 Å². The van der Waals surface area contributed by atoms with Gasteiger partial charge in [-0.3, -0.25) is 14.5 Å². The average Bonchev–Trinajstić information content (AvgIpc) is 2.80. The molecule has 6 heteroatoms. The highest BCUT2D eigenvalue weighted by molar-refractivity contribution is 5.76. The number of aliphatic hydroxyl groups excluding tert-OH is 1. The number of ether oxygens (including phenoxy) is 1. The molecule has 110 valence electrons. The molecule has 19 heavy (non-hydrogen) atoms. The zero-order valence-corrected chi connectivity index (χ0v) is 11.5. The first-order chi connectivity index (χ1) is 9.02. The van der Waals surface area contributed by atoms with Gasteiger partial charge in [-0.1, -0.05) is 12.8 Å². The highest BCUT2D eigenvalue weighted by atomic mass is 16.5. The first-order valence-corrected chi connectivity index (χ1v) is 6.89. The van der Waals surface area contributed by atoms with Gasteiger partial charge in [0, 0.05) is 12.6 Å². The third kappa shape index (κ3) is 6.02. The Morgan fingerprint density at radius 1 is 1.42 bits per heavy atom. The summed E-state index contributed by atoms with van der Waals surface area (Å²) in [6, 6.07) is 0.282. The molecule has 1 amide bonds. The lowest BCUT2D eigenvalue weighted by Gasteiger charge is -2.29. The number of hydrogen-bond donors (Lipinski definition) is 2. The standard InChI is InChI=1S/C13H24N2O4/c1-2-19-13(18)7-11(16)8-15(9-12(14)17)10-5-3-4-6-10/h10-11,16H,2-9H2,1H3,(H2,14,17). The molecule has 0 aliphatic heterocycles. The Morgan fingerprint density at radius 2 is 2.05 bits per heavy atom. The van der Waals surface area contributed by atoms with Crippen molar-refractivity contribution in [3.05, 3.63) is 0 Å². The lowest BCUT2D eigenvalue weighted by Crippen LogP contribution is -2.44. The number of nitrogens with zero attached hydrogens (tertiary/aromatic N) is 1. The maximum Gasteiger partial charge on any atom is 0.308 e. The number of carbonyl (C=O) groups is 2. The van der Waals surface area contributed by atoms with Gasteiger partial charge >= 0.3 is 5.97 Å². The number of primary amides is 1. The summed E-state index contributed by atoms with van der Waals surface area (Å²) in [7, 11) is 0. The topological polar surface area (TPSA) is 92.9 Å². The smallest absolute Gasteiger partial charge is 0.308 e. The van der Waals surface area contributed by atoms with Crippen molar-refractivity contribution in [1.82, 2.24) is 4.90 Å². The van der Waals surface area contributed by atoms with Crippen molar-refractivity contribution < 1.29 is 19.4 Å². The number of nitrogens with two attached hydrogens (primary N) is 1. The SMILES string of the molecule is CCOC(=O)CC(O)CN(CC(N)=O)C1CCCC1. The Balaban J connectivity index is 2.46. The minimum atomic E-state index is -0.820. The van der Waals surface area contributed by atoms with Gasteiger partial charge in [-0.15, -0.1) is 0 Å². The molecular formula is C13H24N2O4. The molecule has 3 N–H and O–H groups in total. The molecule has 0 saturated heterocycles. The second-order valence-corrected chi connectivity index (χ2v) is 5.00. The minimum Gasteiger partial charge on any atom is -0.466 e. The van der Waals surface area contributed by atoms with E-state index in [0.717, 1.165) is 25.7 Å². The van der Waals surface area contributed by atoms with Crippen LogP contribution in [0.4, 0.5) is 0 Å². The maximum absolute atomic E-state index is 11.3. The lowest BCUT2D eigenvalue weighted by molar-refractivity contribution is -0.145. The fourth-order valence-corrected chi connectivity index (χ4v) is 2.56. The van der Waals surface area contributed by atoms with E-state index in [4.69, 9.17) is 10.5 Å². The number of rotatable bonds is 8. The van der Waals surface area contributed by atoms with E-state index in [2.05, 4.69) is 0 Å². The molecule has 1 fully saturated rings. The van der Waals surface area contributed by atoms with Crippen LogP contribution in [-0.2, 0) is 14.3 Å². The zero-order valence-electron chi connectivity index (χ0n) is 11.5. The summed E-state index contributed by atoms with van der Waals surface area (Å²) >= 11 is 0. The quantitative estimate of drug-likeness (QED) is 0.608. The summed E-state index contributed by atoms with van der Waals surface area (Å²) in [6.45, 7) is 2.44. The first kappa shape index (κ1) is 15.9. The van der Waals surface area contributed by atoms with E-state index < -0.39 is 18.0 Å². The number of aliphatic hydroxyl groups is 1. The van der Waals surface area contributed by atoms with Crippen LogP contribution in [0.5, 0.6) is 0 Å². The summed E-state index contributed by atoms with van der Waals surface area (Å²) in [5.41, 5.74) is 5.23. The first-order valence-electron chi connectivity index (χ1n) is 6.89. The predicted molar refractivity (Wildman–Crippen MR) is 70.3 cm³/mol. The molecule has 1 atom stereocenters. The van der Waals surface area contributed by atoms with Gasteiger partial charge in [-0.2, -0.15) is 0 Å². The second kappa shape index (κ2) is 8.12. The molecule has 0 radical (unpaired) electrons. The average molecular weight is 272 g/mol. The highest BCUT2D eigenvalue weighted by Crippen LogP contribution is 2.23. The molecule has 1 saturated carbocycles. The van der Waals surface area contributed by atoms with Crippen molar-refractivity contribution in [2.24, 2.45) is 5.73 Å². The van der Waals surface area contributed by atoms with E-state index >= 15 is 0 Å². The van der Waals surface area contributed by atoms with E-state index in [1.54, 1.807) is 6.92 Å². The Labute approximate surface area is 113 Å². The van der Waals surface area contributed by atoms with Crippen molar-refractivity contribution in [3.8, 4) is 0 Å². The zero-order chi connectivity index (χ0) is 14.3. The summed E-state index contributed by atoms with van der Waals surface area (Å²) in [4.78, 5) is 24.3. The van der Waals surface area contributed by atoms with E-state index in [9.17, 15) is 14.7 Å². The van der Waals surface area contributed by atoms with Crippen LogP contribution in [0.3, 0.4) is 0 Å². The van der Waals surface area contributed by atoms with E-state index in [-0.39, 0.29) is 25.6 Å². The van der Waals surface area contributed by atoms with E-state index in [1.807, 2.05) is 4.90 Å². The van der Waals surface area contributed by atoms with Gasteiger partial charge < -0.3 is 15.6 Å². The van der Waals surface area contributed by atoms with Crippen molar-refractivity contribution in [1.29, 1.82) is 0 Å². The predicted octanol–water partition coefficient (Wildman–Crippen LogP) is 0.0304. The monoisotopic (exact) mass is 272 g/mol. The van der Waals surface area contributed by atoms with E-state index in [0.29, 0.717) is 6.61 Å².